The van der Waals surface area contributed by atoms with E-state index in [1.807, 2.05) is 6.07 Å². The van der Waals surface area contributed by atoms with Crippen LogP contribution in [0.1, 0.15) is 18.9 Å². The lowest BCUT2D eigenvalue weighted by Crippen LogP contribution is -2.35. The summed E-state index contributed by atoms with van der Waals surface area (Å²) in [6.07, 6.45) is 1.23. The highest BCUT2D eigenvalue weighted by atomic mass is 16.5. The molecule has 106 valence electrons. The van der Waals surface area contributed by atoms with Crippen LogP contribution in [0.5, 0.6) is 0 Å². The van der Waals surface area contributed by atoms with Gasteiger partial charge in [-0.2, -0.15) is 0 Å². The van der Waals surface area contributed by atoms with Crippen molar-refractivity contribution in [2.75, 3.05) is 33.4 Å². The zero-order valence-corrected chi connectivity index (χ0v) is 12.0. The van der Waals surface area contributed by atoms with Gasteiger partial charge in [0.25, 0.3) is 0 Å². The van der Waals surface area contributed by atoms with Crippen LogP contribution in [0.15, 0.2) is 30.3 Å². The van der Waals surface area contributed by atoms with Gasteiger partial charge in [0.1, 0.15) is 0 Å². The molecule has 0 aliphatic carbocycles. The summed E-state index contributed by atoms with van der Waals surface area (Å²) in [4.78, 5) is 2.50. The highest BCUT2D eigenvalue weighted by molar-refractivity contribution is 5.13. The molecule has 0 N–H and O–H groups in total. The van der Waals surface area contributed by atoms with Gasteiger partial charge in [0.2, 0.25) is 0 Å². The number of rotatable bonds is 7. The number of likely N-dealkylation sites (tertiary alicyclic amines) is 1. The number of methoxy groups -OCH3 is 1. The van der Waals surface area contributed by atoms with Gasteiger partial charge in [-0.05, 0) is 17.9 Å². The molecule has 1 aliphatic rings. The van der Waals surface area contributed by atoms with Crippen LogP contribution in [0.3, 0.4) is 0 Å². The van der Waals surface area contributed by atoms with Gasteiger partial charge in [0.05, 0.1) is 19.8 Å². The predicted octanol–water partition coefficient (Wildman–Crippen LogP) is 2.56. The minimum absolute atomic E-state index is 0.550. The molecule has 1 saturated heterocycles. The summed E-state index contributed by atoms with van der Waals surface area (Å²) in [7, 11) is 1.76. The van der Waals surface area contributed by atoms with Crippen LogP contribution >= 0.6 is 0 Å². The molecule has 1 aromatic rings. The highest BCUT2D eigenvalue weighted by Crippen LogP contribution is 2.22. The van der Waals surface area contributed by atoms with Crippen LogP contribution in [0.2, 0.25) is 0 Å². The summed E-state index contributed by atoms with van der Waals surface area (Å²) in [6.45, 7) is 6.84. The Kier molecular flexibility index (Phi) is 5.83. The Labute approximate surface area is 116 Å². The molecular weight excluding hydrogens is 238 g/mol. The topological polar surface area (TPSA) is 21.7 Å². The maximum absolute atomic E-state index is 5.88. The van der Waals surface area contributed by atoms with E-state index in [0.717, 1.165) is 25.7 Å². The summed E-state index contributed by atoms with van der Waals surface area (Å²) < 4.78 is 11.1. The van der Waals surface area contributed by atoms with Crippen molar-refractivity contribution in [2.24, 2.45) is 5.92 Å². The van der Waals surface area contributed by atoms with Gasteiger partial charge in [-0.25, -0.2) is 0 Å². The molecule has 0 amide bonds. The average molecular weight is 263 g/mol. The third kappa shape index (κ3) is 4.60. The van der Waals surface area contributed by atoms with Gasteiger partial charge in [-0.1, -0.05) is 37.3 Å². The zero-order valence-electron chi connectivity index (χ0n) is 12.0. The minimum atomic E-state index is 0.550. The quantitative estimate of drug-likeness (QED) is 0.754. The van der Waals surface area contributed by atoms with Crippen molar-refractivity contribution in [1.29, 1.82) is 0 Å². The molecule has 0 radical (unpaired) electrons. The molecule has 1 fully saturated rings. The molecule has 3 heteroatoms. The molecule has 0 unspecified atom stereocenters. The molecule has 1 heterocycles. The number of nitrogens with zero attached hydrogens (tertiary/aromatic N) is 1. The molecule has 2 rings (SSSR count). The van der Waals surface area contributed by atoms with E-state index >= 15 is 0 Å². The molecule has 0 spiro atoms. The Morgan fingerprint density at radius 2 is 2.05 bits per heavy atom. The fourth-order valence-corrected chi connectivity index (χ4v) is 2.78. The summed E-state index contributed by atoms with van der Waals surface area (Å²) in [6, 6.07) is 10.9. The summed E-state index contributed by atoms with van der Waals surface area (Å²) in [5, 5.41) is 0. The van der Waals surface area contributed by atoms with Crippen molar-refractivity contribution < 1.29 is 9.47 Å². The Hall–Kier alpha value is -0.900. The van der Waals surface area contributed by atoms with E-state index in [1.54, 1.807) is 7.11 Å². The largest absolute Gasteiger partial charge is 0.383 e. The van der Waals surface area contributed by atoms with Crippen molar-refractivity contribution in [1.82, 2.24) is 4.90 Å². The second-order valence-electron chi connectivity index (χ2n) is 5.48. The molecule has 0 saturated carbocycles. The molecule has 1 aliphatic heterocycles. The van der Waals surface area contributed by atoms with E-state index in [4.69, 9.17) is 9.47 Å². The van der Waals surface area contributed by atoms with E-state index in [-0.39, 0.29) is 0 Å². The van der Waals surface area contributed by atoms with E-state index in [0.29, 0.717) is 12.6 Å². The van der Waals surface area contributed by atoms with Gasteiger partial charge in [0, 0.05) is 26.2 Å². The summed E-state index contributed by atoms with van der Waals surface area (Å²) in [5.74, 6) is 0.766. The van der Waals surface area contributed by atoms with E-state index in [2.05, 4.69) is 36.1 Å². The molecule has 3 nitrogen and oxygen atoms in total. The van der Waals surface area contributed by atoms with Crippen molar-refractivity contribution in [3.05, 3.63) is 35.9 Å². The molecule has 0 bridgehead atoms. The second-order valence-corrected chi connectivity index (χ2v) is 5.48. The van der Waals surface area contributed by atoms with Gasteiger partial charge < -0.3 is 9.47 Å². The second kappa shape index (κ2) is 7.63. The third-order valence-electron chi connectivity index (χ3n) is 3.74. The Bertz CT molecular complexity index is 355. The first kappa shape index (κ1) is 14.5. The van der Waals surface area contributed by atoms with Crippen molar-refractivity contribution in [3.63, 3.8) is 0 Å². The van der Waals surface area contributed by atoms with Crippen LogP contribution in [0.25, 0.3) is 0 Å². The number of hydrogen-bond donors (Lipinski definition) is 0. The van der Waals surface area contributed by atoms with Crippen LogP contribution < -0.4 is 0 Å². The molecule has 0 aromatic heterocycles. The lowest BCUT2D eigenvalue weighted by Gasteiger charge is -2.23. The summed E-state index contributed by atoms with van der Waals surface area (Å²) in [5.41, 5.74) is 1.25. The fourth-order valence-electron chi connectivity index (χ4n) is 2.78. The molecule has 19 heavy (non-hydrogen) atoms. The van der Waals surface area contributed by atoms with Crippen molar-refractivity contribution in [2.45, 2.75) is 26.0 Å². The van der Waals surface area contributed by atoms with Crippen molar-refractivity contribution in [3.8, 4) is 0 Å². The Morgan fingerprint density at radius 3 is 2.79 bits per heavy atom. The van der Waals surface area contributed by atoms with E-state index < -0.39 is 0 Å². The predicted molar refractivity (Wildman–Crippen MR) is 77.1 cm³/mol. The van der Waals surface area contributed by atoms with Crippen LogP contribution in [-0.2, 0) is 16.1 Å². The normalized spacial score (nSPS) is 23.9. The average Bonchev–Trinajstić information content (AvgIpc) is 2.78. The lowest BCUT2D eigenvalue weighted by molar-refractivity contribution is 0.0561. The molecule has 1 aromatic carbocycles. The standard InChI is InChI=1S/C16H25NO2/c1-14-10-16(17(11-14)8-9-18-2)13-19-12-15-6-4-3-5-7-15/h3-7,14,16H,8-13H2,1-2H3/t14-,16-/m0/s1. The minimum Gasteiger partial charge on any atom is -0.383 e. The SMILES string of the molecule is COCCN1C[C@@H](C)C[C@H]1COCc1ccccc1. The van der Waals surface area contributed by atoms with Gasteiger partial charge in [-0.3, -0.25) is 4.90 Å². The first-order valence-electron chi connectivity index (χ1n) is 7.14. The van der Waals surface area contributed by atoms with Gasteiger partial charge in [0.15, 0.2) is 0 Å². The van der Waals surface area contributed by atoms with Gasteiger partial charge in [-0.15, -0.1) is 0 Å². The Balaban J connectivity index is 1.74. The first-order chi connectivity index (χ1) is 9.29. The number of ether oxygens (including phenoxy) is 2. The van der Waals surface area contributed by atoms with E-state index in [1.165, 1.54) is 18.5 Å². The molecule has 2 atom stereocenters. The number of benzene rings is 1. The summed E-state index contributed by atoms with van der Waals surface area (Å²) >= 11 is 0. The lowest BCUT2D eigenvalue weighted by atomic mass is 10.1. The first-order valence-corrected chi connectivity index (χ1v) is 7.14. The smallest absolute Gasteiger partial charge is 0.0717 e. The monoisotopic (exact) mass is 263 g/mol. The van der Waals surface area contributed by atoms with E-state index in [9.17, 15) is 0 Å². The van der Waals surface area contributed by atoms with Gasteiger partial charge >= 0.3 is 0 Å². The maximum Gasteiger partial charge on any atom is 0.0717 e. The zero-order chi connectivity index (χ0) is 13.5. The van der Waals surface area contributed by atoms with Crippen LogP contribution in [0.4, 0.5) is 0 Å². The third-order valence-corrected chi connectivity index (χ3v) is 3.74. The van der Waals surface area contributed by atoms with Crippen LogP contribution in [-0.4, -0.2) is 44.4 Å². The van der Waals surface area contributed by atoms with Crippen molar-refractivity contribution >= 4 is 0 Å². The Morgan fingerprint density at radius 1 is 1.26 bits per heavy atom. The highest BCUT2D eigenvalue weighted by Gasteiger charge is 2.29. The number of hydrogen-bond acceptors (Lipinski definition) is 3. The van der Waals surface area contributed by atoms with Crippen LogP contribution in [0, 0.1) is 5.92 Å². The fraction of sp³-hybridized carbons (Fsp3) is 0.625. The molecular formula is C16H25NO2. The maximum atomic E-state index is 5.88.